The Morgan fingerprint density at radius 2 is 1.39 bits per heavy atom. The molecular weight excluding hydrogens is 478 g/mol. The van der Waals surface area contributed by atoms with Crippen molar-refractivity contribution in [2.75, 3.05) is 0 Å². The number of phosphoric acid groups is 2. The predicted octanol–water partition coefficient (Wildman–Crippen LogP) is -2.97. The molecule has 0 saturated carbocycles. The summed E-state index contributed by atoms with van der Waals surface area (Å²) < 4.78 is 20.5. The van der Waals surface area contributed by atoms with Gasteiger partial charge in [0.05, 0.1) is 15.6 Å². The zero-order valence-electron chi connectivity index (χ0n) is 12.4. The van der Waals surface area contributed by atoms with Crippen LogP contribution in [0.2, 0.25) is 0 Å². The molecule has 0 aromatic carbocycles. The average Bonchev–Trinajstić information content (AvgIpc) is 2.22. The molecule has 11 nitrogen and oxygen atoms in total. The van der Waals surface area contributed by atoms with E-state index in [1.54, 1.807) is 0 Å². The van der Waals surface area contributed by atoms with Crippen LogP contribution in [-0.4, -0.2) is 91.7 Å². The Morgan fingerprint density at radius 1 is 1.09 bits per heavy atom. The number of primary amides is 1. The van der Waals surface area contributed by atoms with Gasteiger partial charge in [0.2, 0.25) is 5.91 Å². The molecule has 126 valence electrons. The second kappa shape index (κ2) is 14.3. The molecule has 0 aliphatic carbocycles. The Labute approximate surface area is 201 Å². The number of hydrogen-bond donors (Lipinski definition) is 2. The number of urea groups is 1. The van der Waals surface area contributed by atoms with E-state index in [9.17, 15) is 38.3 Å². The van der Waals surface area contributed by atoms with E-state index in [0.29, 0.717) is 12.8 Å². The van der Waals surface area contributed by atoms with Gasteiger partial charge in [-0.15, -0.1) is 0 Å². The summed E-state index contributed by atoms with van der Waals surface area (Å²) in [6.07, 6.45) is 1.23. The predicted molar refractivity (Wildman–Crippen MR) is 77.8 cm³/mol. The first-order valence-electron chi connectivity index (χ1n) is 5.22. The van der Waals surface area contributed by atoms with Gasteiger partial charge in [0.15, 0.2) is 0 Å². The molecule has 0 aliphatic rings. The maximum Gasteiger partial charge on any atom is 2.00 e. The molecule has 0 aromatic rings. The van der Waals surface area contributed by atoms with Crippen molar-refractivity contribution in [1.82, 2.24) is 5.32 Å². The smallest absolute Gasteiger partial charge is 0.790 e. The number of nitrogens with one attached hydrogen (secondary N) is 1. The number of halogens is 1. The van der Waals surface area contributed by atoms with Crippen LogP contribution in [0.25, 0.3) is 0 Å². The molecule has 0 radical (unpaired) electrons. The zero-order chi connectivity index (χ0) is 17.5. The van der Waals surface area contributed by atoms with E-state index in [2.05, 4.69) is 20.2 Å². The van der Waals surface area contributed by atoms with Crippen LogP contribution in [0, 0.1) is 0 Å². The van der Waals surface area contributed by atoms with Gasteiger partial charge in [-0.3, -0.25) is 10.1 Å². The third-order valence-corrected chi connectivity index (χ3v) is 5.05. The molecule has 0 saturated heterocycles. The topological polar surface area (TPSA) is 208 Å². The van der Waals surface area contributed by atoms with Crippen LogP contribution < -0.4 is 30.6 Å². The van der Waals surface area contributed by atoms with Crippen molar-refractivity contribution in [3.63, 3.8) is 0 Å². The minimum atomic E-state index is -5.68. The fourth-order valence-electron chi connectivity index (χ4n) is 0.917. The summed E-state index contributed by atoms with van der Waals surface area (Å²) in [5, 5.41) is 2.04. The Hall–Kier alpha value is 2.20. The van der Waals surface area contributed by atoms with Gasteiger partial charge in [-0.1, -0.05) is 29.8 Å². The van der Waals surface area contributed by atoms with Crippen LogP contribution in [0.5, 0.6) is 0 Å². The number of hydrogen-bond acceptors (Lipinski definition) is 9. The third kappa shape index (κ3) is 20.4. The molecule has 0 aliphatic heterocycles. The van der Waals surface area contributed by atoms with Gasteiger partial charge in [-0.25, -0.2) is 4.79 Å². The Morgan fingerprint density at radius 3 is 1.52 bits per heavy atom. The van der Waals surface area contributed by atoms with Crippen LogP contribution in [0.1, 0.15) is 26.7 Å². The van der Waals surface area contributed by atoms with E-state index >= 15 is 0 Å². The molecule has 0 rings (SSSR count). The molecule has 0 unspecified atom stereocenters. The number of nitrogens with two attached hydrogens (primary N) is 1. The zero-order valence-corrected chi connectivity index (χ0v) is 20.1. The van der Waals surface area contributed by atoms with Crippen LogP contribution in [-0.2, 0) is 18.2 Å². The van der Waals surface area contributed by atoms with Crippen molar-refractivity contribution in [3.8, 4) is 0 Å². The van der Waals surface area contributed by atoms with Crippen LogP contribution in [0.3, 0.4) is 0 Å². The first-order chi connectivity index (χ1) is 9.17. The molecule has 0 spiro atoms. The molecule has 3 amide bonds. The number of amides is 3. The monoisotopic (exact) mass is 490 g/mol. The first-order valence-corrected chi connectivity index (χ1v) is 8.93. The summed E-state index contributed by atoms with van der Waals surface area (Å²) >= 11 is 3.26. The number of carbonyl (C=O) groups excluding carboxylic acids is 2. The van der Waals surface area contributed by atoms with Crippen molar-refractivity contribution in [1.29, 1.82) is 0 Å². The van der Waals surface area contributed by atoms with Crippen molar-refractivity contribution in [3.05, 3.63) is 0 Å². The van der Waals surface area contributed by atoms with Gasteiger partial charge in [0.25, 0.3) is 0 Å². The van der Waals surface area contributed by atoms with E-state index in [-0.39, 0.29) is 81.4 Å². The van der Waals surface area contributed by atoms with Crippen molar-refractivity contribution < 1.29 is 42.6 Å². The fourth-order valence-corrected chi connectivity index (χ4v) is 2.00. The summed E-state index contributed by atoms with van der Waals surface area (Å²) in [4.78, 5) is 58.9. The number of alkyl halides is 1. The molecule has 23 heavy (non-hydrogen) atoms. The molecule has 0 heterocycles. The van der Waals surface area contributed by atoms with E-state index < -0.39 is 26.0 Å². The normalized spacial score (nSPS) is 11.1. The fraction of sp³-hybridized carbons (Fsp3) is 0.714. The number of carbonyl (C=O) groups is 2. The summed E-state index contributed by atoms with van der Waals surface area (Å²) in [5.41, 5.74) is 4.81. The SMILES string of the molecule is CCC(Br)(CC)C(=O)NC(N)=O.O=P([O-])([O-])OP(=O)([O-])[O-].[Ca+2].[Ca+2]. The van der Waals surface area contributed by atoms with Gasteiger partial charge in [-0.05, 0) is 12.8 Å². The molecule has 16 heteroatoms. The van der Waals surface area contributed by atoms with Crippen LogP contribution in [0.15, 0.2) is 0 Å². The molecule has 3 N–H and O–H groups in total. The van der Waals surface area contributed by atoms with Crippen LogP contribution >= 0.6 is 31.6 Å². The van der Waals surface area contributed by atoms with Gasteiger partial charge < -0.3 is 38.7 Å². The standard InChI is InChI=1S/C7H13BrN2O2.2Ca.H4O7P2/c1-3-7(8,4-2)5(11)10-6(9)12;;;1-8(2,3)7-9(4,5)6/h3-4H2,1-2H3,(H3,9,10,11,12);;;(H2,1,2,3)(H2,4,5,6)/q;2*+2;/p-4. The maximum absolute atomic E-state index is 11.3. The van der Waals surface area contributed by atoms with Crippen molar-refractivity contribution in [2.45, 2.75) is 31.0 Å². The third-order valence-electron chi connectivity index (χ3n) is 1.96. The maximum atomic E-state index is 11.3. The molecule has 0 atom stereocenters. The second-order valence-corrected chi connectivity index (χ2v) is 7.43. The Kier molecular flexibility index (Phi) is 20.4. The quantitative estimate of drug-likeness (QED) is 0.228. The summed E-state index contributed by atoms with van der Waals surface area (Å²) in [7, 11) is -11.4. The second-order valence-electron chi connectivity index (χ2n) is 3.47. The largest absolute Gasteiger partial charge is 2.00 e. The van der Waals surface area contributed by atoms with E-state index in [4.69, 9.17) is 5.73 Å². The van der Waals surface area contributed by atoms with Gasteiger partial charge in [0, 0.05) is 0 Å². The summed E-state index contributed by atoms with van der Waals surface area (Å²) in [6, 6.07) is -0.814. The van der Waals surface area contributed by atoms with E-state index in [1.807, 2.05) is 19.2 Å². The van der Waals surface area contributed by atoms with Gasteiger partial charge in [-0.2, -0.15) is 0 Å². The van der Waals surface area contributed by atoms with Crippen molar-refractivity contribution >= 4 is 119 Å². The van der Waals surface area contributed by atoms with Crippen molar-refractivity contribution in [2.24, 2.45) is 5.73 Å². The molecule has 0 bridgehead atoms. The van der Waals surface area contributed by atoms with E-state index in [0.717, 1.165) is 0 Å². The van der Waals surface area contributed by atoms with E-state index in [1.165, 1.54) is 0 Å². The van der Waals surface area contributed by atoms with Gasteiger partial charge in [0.1, 0.15) is 4.32 Å². The molecule has 0 fully saturated rings. The molecule has 0 aromatic heterocycles. The molecular formula is C7H13BrCa2N2O9P2. The summed E-state index contributed by atoms with van der Waals surface area (Å²) in [6.45, 7) is 3.72. The minimum absolute atomic E-state index is 0. The number of rotatable bonds is 5. The van der Waals surface area contributed by atoms with Crippen LogP contribution in [0.4, 0.5) is 4.79 Å². The number of imide groups is 1. The summed E-state index contributed by atoms with van der Waals surface area (Å²) in [5.74, 6) is -0.375. The minimum Gasteiger partial charge on any atom is -0.790 e. The van der Waals surface area contributed by atoms with Gasteiger partial charge >= 0.3 is 81.5 Å². The Balaban J connectivity index is -0.000000149. The first kappa shape index (κ1) is 32.8. The Bertz CT molecular complexity index is 445. The average molecular weight is 491 g/mol.